The molecule has 0 aromatic carbocycles. The summed E-state index contributed by atoms with van der Waals surface area (Å²) in [5, 5.41) is 16.7. The molecule has 0 bridgehead atoms. The Balaban J connectivity index is 2.40. The van der Waals surface area contributed by atoms with Gasteiger partial charge in [0.15, 0.2) is 5.78 Å². The fourth-order valence-corrected chi connectivity index (χ4v) is 5.25. The first-order chi connectivity index (χ1) is 17.9. The molecule has 216 valence electrons. The van der Waals surface area contributed by atoms with Gasteiger partial charge in [-0.15, -0.1) is 0 Å². The third kappa shape index (κ3) is 9.27. The van der Waals surface area contributed by atoms with Crippen molar-refractivity contribution >= 4 is 52.8 Å². The van der Waals surface area contributed by atoms with Crippen LogP contribution in [0.4, 0.5) is 13.2 Å². The Labute approximate surface area is 235 Å². The molecule has 1 unspecified atom stereocenters. The first kappa shape index (κ1) is 32.7. The van der Waals surface area contributed by atoms with E-state index in [4.69, 9.17) is 33.7 Å². The summed E-state index contributed by atoms with van der Waals surface area (Å²) in [4.78, 5) is 46.4. The Morgan fingerprint density at radius 1 is 1.21 bits per heavy atom. The van der Waals surface area contributed by atoms with Gasteiger partial charge in [-0.05, 0) is 36.5 Å². The number of amides is 1. The maximum absolute atomic E-state index is 14.2. The van der Waals surface area contributed by atoms with Crippen molar-refractivity contribution in [1.29, 1.82) is 5.41 Å². The van der Waals surface area contributed by atoms with Crippen LogP contribution in [0, 0.1) is 22.2 Å². The van der Waals surface area contributed by atoms with Crippen molar-refractivity contribution in [2.75, 3.05) is 13.1 Å². The van der Waals surface area contributed by atoms with Crippen molar-refractivity contribution < 1.29 is 32.7 Å². The molecule has 0 saturated heterocycles. The molecule has 2 N–H and O–H groups in total. The van der Waals surface area contributed by atoms with E-state index in [1.165, 1.54) is 12.4 Å². The van der Waals surface area contributed by atoms with Gasteiger partial charge in [-0.1, -0.05) is 50.9 Å². The van der Waals surface area contributed by atoms with Gasteiger partial charge in [-0.3, -0.25) is 24.4 Å². The van der Waals surface area contributed by atoms with Crippen molar-refractivity contribution in [2.45, 2.75) is 72.0 Å². The highest BCUT2D eigenvalue weighted by molar-refractivity contribution is 6.39. The molecule has 2 rings (SSSR count). The number of aliphatic carboxylic acids is 1. The maximum atomic E-state index is 14.2. The number of Topliss-reactive ketones (excluding diaryl/α,β-unsaturated/α-hetero) is 1. The third-order valence-corrected chi connectivity index (χ3v) is 7.10. The molecule has 1 aliphatic rings. The van der Waals surface area contributed by atoms with E-state index in [0.29, 0.717) is 19.1 Å². The molecule has 1 aliphatic carbocycles. The number of carboxylic acids is 1. The SMILES string of the molecule is CC(C)(C)CN(CC(=O)c1c(Cl)cncc1Cl)C(=O)C(C=N)C(=NC1CCC(C)(CC(=O)O)CC1)C(F)(F)F. The van der Waals surface area contributed by atoms with Gasteiger partial charge >= 0.3 is 12.1 Å². The maximum Gasteiger partial charge on any atom is 0.430 e. The zero-order valence-electron chi connectivity index (χ0n) is 22.2. The number of hydrogen-bond donors (Lipinski definition) is 2. The van der Waals surface area contributed by atoms with Gasteiger partial charge in [0.25, 0.3) is 0 Å². The van der Waals surface area contributed by atoms with Gasteiger partial charge in [-0.2, -0.15) is 13.2 Å². The number of carbonyl (C=O) groups excluding carboxylic acids is 2. The van der Waals surface area contributed by atoms with E-state index in [2.05, 4.69) is 9.98 Å². The van der Waals surface area contributed by atoms with Gasteiger partial charge in [0, 0.05) is 25.2 Å². The van der Waals surface area contributed by atoms with Crippen molar-refractivity contribution in [2.24, 2.45) is 21.7 Å². The Morgan fingerprint density at radius 2 is 1.74 bits per heavy atom. The quantitative estimate of drug-likeness (QED) is 0.249. The zero-order valence-corrected chi connectivity index (χ0v) is 23.8. The molecule has 39 heavy (non-hydrogen) atoms. The summed E-state index contributed by atoms with van der Waals surface area (Å²) in [7, 11) is 0. The van der Waals surface area contributed by atoms with E-state index in [1.807, 2.05) is 0 Å². The first-order valence-corrected chi connectivity index (χ1v) is 13.1. The monoisotopic (exact) mass is 592 g/mol. The number of carboxylic acid groups (broad SMARTS) is 1. The van der Waals surface area contributed by atoms with E-state index in [-0.39, 0.29) is 41.4 Å². The number of nitrogens with one attached hydrogen (secondary N) is 1. The number of rotatable bonds is 10. The minimum absolute atomic E-state index is 0.0657. The number of aromatic nitrogens is 1. The van der Waals surface area contributed by atoms with Gasteiger partial charge < -0.3 is 15.4 Å². The van der Waals surface area contributed by atoms with Gasteiger partial charge in [-0.25, -0.2) is 0 Å². The minimum Gasteiger partial charge on any atom is -0.481 e. The Bertz CT molecular complexity index is 1110. The standard InChI is InChI=1S/C26H33Cl2F3N4O4/c1-24(2,3)14-35(13-19(36)21-17(27)11-33-12-18(21)28)23(39)16(10-32)22(26(29,30)31)34-15-5-7-25(4,8-6-15)9-20(37)38/h10-12,15-16,32H,5-9,13-14H2,1-4H3,(H,37,38). The highest BCUT2D eigenvalue weighted by atomic mass is 35.5. The number of nitrogens with zero attached hydrogens (tertiary/aromatic N) is 3. The molecular weight excluding hydrogens is 560 g/mol. The van der Waals surface area contributed by atoms with E-state index in [0.717, 1.165) is 4.90 Å². The van der Waals surface area contributed by atoms with E-state index < -0.39 is 58.9 Å². The van der Waals surface area contributed by atoms with Crippen LogP contribution in [-0.2, 0) is 9.59 Å². The van der Waals surface area contributed by atoms with E-state index in [1.54, 1.807) is 27.7 Å². The van der Waals surface area contributed by atoms with Crippen molar-refractivity contribution in [1.82, 2.24) is 9.88 Å². The molecule has 1 fully saturated rings. The fourth-order valence-electron chi connectivity index (χ4n) is 4.68. The molecule has 1 aromatic heterocycles. The number of hydrogen-bond acceptors (Lipinski definition) is 6. The Morgan fingerprint density at radius 3 is 2.18 bits per heavy atom. The lowest BCUT2D eigenvalue weighted by atomic mass is 9.72. The largest absolute Gasteiger partial charge is 0.481 e. The molecule has 0 radical (unpaired) electrons. The molecule has 1 amide bonds. The number of halogens is 5. The van der Waals surface area contributed by atoms with E-state index >= 15 is 0 Å². The molecule has 0 spiro atoms. The minimum atomic E-state index is -5.02. The summed E-state index contributed by atoms with van der Waals surface area (Å²) in [6, 6.07) is -0.786. The molecule has 1 saturated carbocycles. The van der Waals surface area contributed by atoms with Gasteiger partial charge in [0.05, 0.1) is 34.6 Å². The predicted octanol–water partition coefficient (Wildman–Crippen LogP) is 6.14. The summed E-state index contributed by atoms with van der Waals surface area (Å²) >= 11 is 12.1. The summed E-state index contributed by atoms with van der Waals surface area (Å²) in [5.41, 5.74) is -2.68. The number of carbonyl (C=O) groups is 3. The van der Waals surface area contributed by atoms with Crippen LogP contribution < -0.4 is 0 Å². The average molecular weight is 593 g/mol. The van der Waals surface area contributed by atoms with Crippen molar-refractivity contribution in [3.8, 4) is 0 Å². The van der Waals surface area contributed by atoms with Crippen LogP contribution >= 0.6 is 23.2 Å². The average Bonchev–Trinajstić information content (AvgIpc) is 2.77. The lowest BCUT2D eigenvalue weighted by Gasteiger charge is -2.36. The summed E-state index contributed by atoms with van der Waals surface area (Å²) in [5.74, 6) is -4.84. The topological polar surface area (TPSA) is 124 Å². The molecule has 1 atom stereocenters. The van der Waals surface area contributed by atoms with Crippen molar-refractivity contribution in [3.63, 3.8) is 0 Å². The number of ketones is 1. The predicted molar refractivity (Wildman–Crippen MR) is 143 cm³/mol. The van der Waals surface area contributed by atoms with Crippen LogP contribution in [0.15, 0.2) is 17.4 Å². The van der Waals surface area contributed by atoms with Crippen LogP contribution in [0.2, 0.25) is 10.0 Å². The van der Waals surface area contributed by atoms with Crippen LogP contribution in [0.1, 0.15) is 70.2 Å². The lowest BCUT2D eigenvalue weighted by Crippen LogP contribution is -2.49. The molecule has 13 heteroatoms. The van der Waals surface area contributed by atoms with Gasteiger partial charge in [0.1, 0.15) is 11.6 Å². The molecule has 1 heterocycles. The second-order valence-corrected chi connectivity index (χ2v) is 12.2. The first-order valence-electron chi connectivity index (χ1n) is 12.3. The molecule has 1 aromatic rings. The van der Waals surface area contributed by atoms with Crippen LogP contribution in [-0.4, -0.2) is 69.9 Å². The third-order valence-electron chi connectivity index (χ3n) is 6.52. The second-order valence-electron chi connectivity index (χ2n) is 11.4. The number of aliphatic imine (C=N–C) groups is 1. The second kappa shape index (κ2) is 12.8. The zero-order chi connectivity index (χ0) is 29.8. The van der Waals surface area contributed by atoms with Crippen LogP contribution in [0.25, 0.3) is 0 Å². The lowest BCUT2D eigenvalue weighted by molar-refractivity contribution is -0.140. The fraction of sp³-hybridized carbons (Fsp3) is 0.615. The Hall–Kier alpha value is -2.53. The van der Waals surface area contributed by atoms with E-state index in [9.17, 15) is 27.6 Å². The van der Waals surface area contributed by atoms with Crippen LogP contribution in [0.5, 0.6) is 0 Å². The number of alkyl halides is 3. The Kier molecular flexibility index (Phi) is 10.7. The summed E-state index contributed by atoms with van der Waals surface area (Å²) < 4.78 is 42.7. The smallest absolute Gasteiger partial charge is 0.430 e. The summed E-state index contributed by atoms with van der Waals surface area (Å²) in [6.07, 6.45) is -1.20. The van der Waals surface area contributed by atoms with Gasteiger partial charge in [0.2, 0.25) is 5.91 Å². The van der Waals surface area contributed by atoms with Crippen LogP contribution in [0.3, 0.4) is 0 Å². The molecular formula is C26H33Cl2F3N4O4. The molecule has 0 aliphatic heterocycles. The van der Waals surface area contributed by atoms with Crippen molar-refractivity contribution in [3.05, 3.63) is 28.0 Å². The number of pyridine rings is 1. The normalized spacial score (nSPS) is 21.3. The highest BCUT2D eigenvalue weighted by Gasteiger charge is 2.46. The summed E-state index contributed by atoms with van der Waals surface area (Å²) in [6.45, 7) is 6.31. The highest BCUT2D eigenvalue weighted by Crippen LogP contribution is 2.40. The molecule has 8 nitrogen and oxygen atoms in total.